The molecule has 5 aliphatic rings. The third-order valence-corrected chi connectivity index (χ3v) is 8.56. The van der Waals surface area contributed by atoms with Crippen LogP contribution in [0.25, 0.3) is 0 Å². The number of nitrogens with zero attached hydrogens (tertiary/aromatic N) is 2. The first-order chi connectivity index (χ1) is 15.7. The SMILES string of the molecule is NC(=O)C1CCN(C2CC(C3NOC(C4CCCN4CC4CCCCN4)N3)CCN2)CC1. The summed E-state index contributed by atoms with van der Waals surface area (Å²) in [6.07, 6.45) is 11.1. The molecule has 182 valence electrons. The summed E-state index contributed by atoms with van der Waals surface area (Å²) in [5.41, 5.74) is 8.87. The first-order valence-corrected chi connectivity index (χ1v) is 13.1. The molecular weight excluding hydrogens is 406 g/mol. The van der Waals surface area contributed by atoms with Gasteiger partial charge in [-0.3, -0.25) is 24.7 Å². The number of primary amides is 1. The zero-order valence-electron chi connectivity index (χ0n) is 19.4. The molecule has 0 aliphatic carbocycles. The van der Waals surface area contributed by atoms with E-state index in [4.69, 9.17) is 10.6 Å². The lowest BCUT2D eigenvalue weighted by molar-refractivity contribution is -0.123. The molecule has 6 atom stereocenters. The van der Waals surface area contributed by atoms with Crippen LogP contribution in [0.5, 0.6) is 0 Å². The molecule has 0 aromatic rings. The van der Waals surface area contributed by atoms with Crippen LogP contribution < -0.4 is 27.2 Å². The van der Waals surface area contributed by atoms with E-state index < -0.39 is 0 Å². The maximum absolute atomic E-state index is 11.5. The van der Waals surface area contributed by atoms with Crippen LogP contribution in [0, 0.1) is 11.8 Å². The Hall–Kier alpha value is -0.810. The standard InChI is InChI=1S/C23H43N7O2/c24-21(31)16-7-12-29(13-8-16)20-14-17(6-10-26-20)22-27-23(32-28-22)19-5-3-11-30(19)15-18-4-1-2-9-25-18/h16-20,22-23,25-28H,1-15H2,(H2,24,31). The number of hydrogen-bond donors (Lipinski definition) is 5. The van der Waals surface area contributed by atoms with E-state index >= 15 is 0 Å². The highest BCUT2D eigenvalue weighted by molar-refractivity contribution is 5.76. The van der Waals surface area contributed by atoms with Crippen molar-refractivity contribution in [2.24, 2.45) is 17.6 Å². The lowest BCUT2D eigenvalue weighted by atomic mass is 9.90. The van der Waals surface area contributed by atoms with Gasteiger partial charge in [-0.15, -0.1) is 0 Å². The molecule has 5 saturated heterocycles. The molecule has 0 aromatic heterocycles. The Morgan fingerprint density at radius 2 is 1.84 bits per heavy atom. The summed E-state index contributed by atoms with van der Waals surface area (Å²) in [4.78, 5) is 22.8. The van der Waals surface area contributed by atoms with Crippen molar-refractivity contribution in [3.8, 4) is 0 Å². The number of carbonyl (C=O) groups is 1. The van der Waals surface area contributed by atoms with Crippen molar-refractivity contribution in [2.45, 2.75) is 88.4 Å². The third kappa shape index (κ3) is 5.29. The Kier molecular flexibility index (Phi) is 7.63. The quantitative estimate of drug-likeness (QED) is 0.383. The van der Waals surface area contributed by atoms with E-state index in [0.29, 0.717) is 24.2 Å². The van der Waals surface area contributed by atoms with Gasteiger partial charge in [0.05, 0.1) is 18.4 Å². The van der Waals surface area contributed by atoms with E-state index in [1.165, 1.54) is 45.2 Å². The minimum absolute atomic E-state index is 0.0520. The van der Waals surface area contributed by atoms with E-state index in [0.717, 1.165) is 51.9 Å². The number of likely N-dealkylation sites (tertiary alicyclic amines) is 2. The number of nitrogens with two attached hydrogens (primary N) is 1. The number of hydroxylamine groups is 1. The molecule has 0 bridgehead atoms. The zero-order valence-corrected chi connectivity index (χ0v) is 19.4. The van der Waals surface area contributed by atoms with Gasteiger partial charge in [-0.2, -0.15) is 5.48 Å². The van der Waals surface area contributed by atoms with Crippen molar-refractivity contribution in [3.63, 3.8) is 0 Å². The Bertz CT molecular complexity index is 623. The number of carbonyl (C=O) groups excluding carboxylic acids is 1. The number of nitrogens with one attached hydrogen (secondary N) is 4. The summed E-state index contributed by atoms with van der Waals surface area (Å²) in [5, 5.41) is 11.2. The second kappa shape index (κ2) is 10.6. The molecule has 0 radical (unpaired) electrons. The largest absolute Gasteiger partial charge is 0.369 e. The van der Waals surface area contributed by atoms with Crippen LogP contribution in [0.3, 0.4) is 0 Å². The molecular formula is C23H43N7O2. The average Bonchev–Trinajstić information content (AvgIpc) is 3.49. The molecule has 0 aromatic carbocycles. The maximum Gasteiger partial charge on any atom is 0.220 e. The highest BCUT2D eigenvalue weighted by atomic mass is 16.7. The molecule has 5 aliphatic heterocycles. The van der Waals surface area contributed by atoms with Crippen LogP contribution in [-0.4, -0.2) is 85.6 Å². The highest BCUT2D eigenvalue weighted by Crippen LogP contribution is 2.29. The van der Waals surface area contributed by atoms with Gasteiger partial charge >= 0.3 is 0 Å². The van der Waals surface area contributed by atoms with Crippen LogP contribution in [0.15, 0.2) is 0 Å². The van der Waals surface area contributed by atoms with Crippen LogP contribution >= 0.6 is 0 Å². The number of amides is 1. The molecule has 9 heteroatoms. The maximum atomic E-state index is 11.5. The Labute approximate surface area is 192 Å². The fraction of sp³-hybridized carbons (Fsp3) is 0.957. The van der Waals surface area contributed by atoms with Gasteiger partial charge in [-0.25, -0.2) is 0 Å². The summed E-state index contributed by atoms with van der Waals surface area (Å²) in [6.45, 7) is 6.43. The molecule has 6 N–H and O–H groups in total. The van der Waals surface area contributed by atoms with E-state index in [1.807, 2.05) is 0 Å². The molecule has 32 heavy (non-hydrogen) atoms. The third-order valence-electron chi connectivity index (χ3n) is 8.56. The Balaban J connectivity index is 1.11. The van der Waals surface area contributed by atoms with Crippen LogP contribution in [0.1, 0.15) is 57.8 Å². The first kappa shape index (κ1) is 23.0. The molecule has 0 saturated carbocycles. The van der Waals surface area contributed by atoms with Gasteiger partial charge in [0.25, 0.3) is 0 Å². The predicted octanol–water partition coefficient (Wildman–Crippen LogP) is -0.107. The normalized spacial score (nSPS) is 40.6. The van der Waals surface area contributed by atoms with Gasteiger partial charge in [0.2, 0.25) is 5.91 Å². The first-order valence-electron chi connectivity index (χ1n) is 13.1. The van der Waals surface area contributed by atoms with E-state index in [-0.39, 0.29) is 24.2 Å². The predicted molar refractivity (Wildman–Crippen MR) is 123 cm³/mol. The molecule has 5 heterocycles. The number of rotatable bonds is 6. The fourth-order valence-corrected chi connectivity index (χ4v) is 6.60. The zero-order chi connectivity index (χ0) is 21.9. The molecule has 9 nitrogen and oxygen atoms in total. The van der Waals surface area contributed by atoms with Crippen LogP contribution in [-0.2, 0) is 9.63 Å². The smallest absolute Gasteiger partial charge is 0.220 e. The van der Waals surface area contributed by atoms with E-state index in [2.05, 4.69) is 31.2 Å². The minimum Gasteiger partial charge on any atom is -0.369 e. The number of hydrogen-bond acceptors (Lipinski definition) is 8. The topological polar surface area (TPSA) is 107 Å². The second-order valence-corrected chi connectivity index (χ2v) is 10.6. The summed E-state index contributed by atoms with van der Waals surface area (Å²) in [5.74, 6) is 0.452. The van der Waals surface area contributed by atoms with Gasteiger partial charge in [-0.05, 0) is 76.9 Å². The van der Waals surface area contributed by atoms with Crippen molar-refractivity contribution in [2.75, 3.05) is 39.3 Å². The van der Waals surface area contributed by atoms with Crippen molar-refractivity contribution in [1.82, 2.24) is 31.2 Å². The van der Waals surface area contributed by atoms with Crippen LogP contribution in [0.4, 0.5) is 0 Å². The van der Waals surface area contributed by atoms with Crippen molar-refractivity contribution >= 4 is 5.91 Å². The summed E-state index contributed by atoms with van der Waals surface area (Å²) < 4.78 is 0. The van der Waals surface area contributed by atoms with Crippen molar-refractivity contribution in [1.29, 1.82) is 0 Å². The van der Waals surface area contributed by atoms with Gasteiger partial charge in [-0.1, -0.05) is 6.42 Å². The molecule has 5 fully saturated rings. The summed E-state index contributed by atoms with van der Waals surface area (Å²) in [7, 11) is 0. The van der Waals surface area contributed by atoms with Gasteiger partial charge in [0.15, 0.2) is 0 Å². The van der Waals surface area contributed by atoms with Gasteiger partial charge in [0, 0.05) is 31.6 Å². The lowest BCUT2D eigenvalue weighted by Gasteiger charge is -2.42. The fourth-order valence-electron chi connectivity index (χ4n) is 6.60. The van der Waals surface area contributed by atoms with E-state index in [9.17, 15) is 4.79 Å². The van der Waals surface area contributed by atoms with Crippen molar-refractivity contribution < 1.29 is 9.63 Å². The van der Waals surface area contributed by atoms with Crippen molar-refractivity contribution in [3.05, 3.63) is 0 Å². The van der Waals surface area contributed by atoms with Gasteiger partial charge < -0.3 is 16.4 Å². The van der Waals surface area contributed by atoms with E-state index in [1.54, 1.807) is 0 Å². The molecule has 6 unspecified atom stereocenters. The lowest BCUT2D eigenvalue weighted by Crippen LogP contribution is -2.57. The second-order valence-electron chi connectivity index (χ2n) is 10.6. The highest BCUT2D eigenvalue weighted by Gasteiger charge is 2.42. The molecule has 5 rings (SSSR count). The minimum atomic E-state index is -0.137. The number of piperidine rings is 3. The van der Waals surface area contributed by atoms with Gasteiger partial charge in [0.1, 0.15) is 6.23 Å². The summed E-state index contributed by atoms with van der Waals surface area (Å²) >= 11 is 0. The summed E-state index contributed by atoms with van der Waals surface area (Å²) in [6, 6.07) is 1.10. The monoisotopic (exact) mass is 449 g/mol. The molecule has 1 amide bonds. The Morgan fingerprint density at radius 1 is 0.969 bits per heavy atom. The van der Waals surface area contributed by atoms with Crippen LogP contribution in [0.2, 0.25) is 0 Å². The molecule has 0 spiro atoms. The average molecular weight is 450 g/mol. The Morgan fingerprint density at radius 3 is 2.62 bits per heavy atom.